The van der Waals surface area contributed by atoms with Crippen molar-refractivity contribution in [1.29, 1.82) is 0 Å². The zero-order valence-electron chi connectivity index (χ0n) is 7.04. The van der Waals surface area contributed by atoms with E-state index in [0.29, 0.717) is 0 Å². The van der Waals surface area contributed by atoms with Crippen molar-refractivity contribution >= 4 is 12.6 Å². The smallest absolute Gasteiger partial charge is 0.113 e. The minimum atomic E-state index is 0.804. The third-order valence-electron chi connectivity index (χ3n) is 1.34. The molecule has 1 nitrogen and oxygen atoms in total. The van der Waals surface area contributed by atoms with Crippen molar-refractivity contribution in [3.8, 4) is 11.8 Å². The molecule has 2 heteroatoms. The van der Waals surface area contributed by atoms with E-state index in [4.69, 9.17) is 0 Å². The fourth-order valence-electron chi connectivity index (χ4n) is 0.822. The van der Waals surface area contributed by atoms with Gasteiger partial charge in [-0.2, -0.15) is 12.6 Å². The molecule has 0 N–H and O–H groups in total. The van der Waals surface area contributed by atoms with E-state index in [2.05, 4.69) is 29.5 Å². The monoisotopic (exact) mass is 177 g/mol. The Morgan fingerprint density at radius 2 is 2.33 bits per heavy atom. The molecule has 0 bridgehead atoms. The van der Waals surface area contributed by atoms with Crippen LogP contribution in [0.1, 0.15) is 17.8 Å². The molecule has 0 spiro atoms. The molecule has 1 rings (SSSR count). The lowest BCUT2D eigenvalue weighted by molar-refractivity contribution is 1.17. The number of nitrogens with zero attached hydrogens (tertiary/aromatic N) is 1. The van der Waals surface area contributed by atoms with Gasteiger partial charge in [-0.05, 0) is 25.0 Å². The average Bonchev–Trinajstić information content (AvgIpc) is 2.05. The van der Waals surface area contributed by atoms with E-state index in [9.17, 15) is 0 Å². The second-order valence-electron chi connectivity index (χ2n) is 2.44. The third kappa shape index (κ3) is 2.98. The van der Waals surface area contributed by atoms with Gasteiger partial charge in [0.15, 0.2) is 0 Å². The molecule has 0 fully saturated rings. The van der Waals surface area contributed by atoms with E-state index >= 15 is 0 Å². The first-order chi connectivity index (χ1) is 5.83. The molecular formula is C10H11NS. The molecule has 1 heterocycles. The lowest BCUT2D eigenvalue weighted by Crippen LogP contribution is -1.84. The first-order valence-electron chi connectivity index (χ1n) is 3.86. The summed E-state index contributed by atoms with van der Waals surface area (Å²) < 4.78 is 0. The Bertz CT molecular complexity index is 309. The Hall–Kier alpha value is -0.940. The van der Waals surface area contributed by atoms with Crippen molar-refractivity contribution < 1.29 is 0 Å². The highest BCUT2D eigenvalue weighted by atomic mass is 32.1. The van der Waals surface area contributed by atoms with Crippen LogP contribution < -0.4 is 0 Å². The zero-order valence-corrected chi connectivity index (χ0v) is 7.94. The first kappa shape index (κ1) is 9.15. The quantitative estimate of drug-likeness (QED) is 0.512. The van der Waals surface area contributed by atoms with Crippen LogP contribution in [0.2, 0.25) is 0 Å². The van der Waals surface area contributed by atoms with Gasteiger partial charge in [-0.3, -0.25) is 0 Å². The van der Waals surface area contributed by atoms with Crippen LogP contribution in [0.4, 0.5) is 0 Å². The van der Waals surface area contributed by atoms with Crippen LogP contribution >= 0.6 is 12.6 Å². The summed E-state index contributed by atoms with van der Waals surface area (Å²) >= 11 is 4.06. The van der Waals surface area contributed by atoms with Crippen molar-refractivity contribution in [2.45, 2.75) is 13.3 Å². The van der Waals surface area contributed by atoms with Crippen LogP contribution in [0.5, 0.6) is 0 Å². The summed E-state index contributed by atoms with van der Waals surface area (Å²) in [5.41, 5.74) is 1.85. The van der Waals surface area contributed by atoms with Crippen molar-refractivity contribution in [3.63, 3.8) is 0 Å². The minimum Gasteiger partial charge on any atom is -0.245 e. The number of aryl methyl sites for hydroxylation is 1. The molecule has 1 aromatic heterocycles. The second-order valence-corrected chi connectivity index (χ2v) is 2.89. The maximum absolute atomic E-state index is 4.25. The van der Waals surface area contributed by atoms with Crippen molar-refractivity contribution in [1.82, 2.24) is 4.98 Å². The lowest BCUT2D eigenvalue weighted by atomic mass is 10.3. The number of hydrogen-bond donors (Lipinski definition) is 1. The predicted molar refractivity (Wildman–Crippen MR) is 54.3 cm³/mol. The van der Waals surface area contributed by atoms with Crippen LogP contribution in [0.15, 0.2) is 18.2 Å². The standard InChI is InChI=1S/C10H11NS/c1-9-5-4-7-10(11-9)6-2-3-8-12/h4-5,7,12H,3,8H2,1H3. The van der Waals surface area contributed by atoms with E-state index in [1.807, 2.05) is 25.1 Å². The van der Waals surface area contributed by atoms with Gasteiger partial charge in [0.25, 0.3) is 0 Å². The molecule has 1 aromatic rings. The predicted octanol–water partition coefficient (Wildman–Crippen LogP) is 2.06. The molecule has 12 heavy (non-hydrogen) atoms. The zero-order chi connectivity index (χ0) is 8.81. The van der Waals surface area contributed by atoms with Crippen molar-refractivity contribution in [2.24, 2.45) is 0 Å². The van der Waals surface area contributed by atoms with Crippen LogP contribution in [-0.4, -0.2) is 10.7 Å². The summed E-state index contributed by atoms with van der Waals surface area (Å²) in [7, 11) is 0. The maximum atomic E-state index is 4.25. The van der Waals surface area contributed by atoms with Gasteiger partial charge in [-0.25, -0.2) is 4.98 Å². The van der Waals surface area contributed by atoms with Gasteiger partial charge >= 0.3 is 0 Å². The summed E-state index contributed by atoms with van der Waals surface area (Å²) in [5.74, 6) is 6.77. The van der Waals surface area contributed by atoms with Crippen LogP contribution in [0.3, 0.4) is 0 Å². The van der Waals surface area contributed by atoms with Gasteiger partial charge < -0.3 is 0 Å². The number of thiol groups is 1. The van der Waals surface area contributed by atoms with Crippen molar-refractivity contribution in [2.75, 3.05) is 5.75 Å². The SMILES string of the molecule is Cc1cccc(C#CCCS)n1. The van der Waals surface area contributed by atoms with Crippen LogP contribution in [-0.2, 0) is 0 Å². The fraction of sp³-hybridized carbons (Fsp3) is 0.300. The first-order valence-corrected chi connectivity index (χ1v) is 4.49. The molecule has 0 amide bonds. The van der Waals surface area contributed by atoms with Gasteiger partial charge in [0.2, 0.25) is 0 Å². The molecule has 0 saturated carbocycles. The molecule has 0 unspecified atom stereocenters. The van der Waals surface area contributed by atoms with Gasteiger partial charge in [-0.15, -0.1) is 0 Å². The van der Waals surface area contributed by atoms with Gasteiger partial charge in [0.05, 0.1) is 0 Å². The molecule has 0 aliphatic carbocycles. The highest BCUT2D eigenvalue weighted by Crippen LogP contribution is 1.95. The average molecular weight is 177 g/mol. The summed E-state index contributed by atoms with van der Waals surface area (Å²) in [6.45, 7) is 1.96. The summed E-state index contributed by atoms with van der Waals surface area (Å²) in [4.78, 5) is 4.25. The number of aromatic nitrogens is 1. The van der Waals surface area contributed by atoms with Gasteiger partial charge in [0, 0.05) is 17.9 Å². The molecular weight excluding hydrogens is 166 g/mol. The van der Waals surface area contributed by atoms with Gasteiger partial charge in [0.1, 0.15) is 5.69 Å². The molecule has 0 radical (unpaired) electrons. The third-order valence-corrected chi connectivity index (χ3v) is 1.57. The molecule has 0 aromatic carbocycles. The lowest BCUT2D eigenvalue weighted by Gasteiger charge is -1.90. The highest BCUT2D eigenvalue weighted by Gasteiger charge is 1.86. The van der Waals surface area contributed by atoms with E-state index in [1.165, 1.54) is 0 Å². The summed E-state index contributed by atoms with van der Waals surface area (Å²) in [6.07, 6.45) is 0.818. The Balaban J connectivity index is 2.71. The van der Waals surface area contributed by atoms with E-state index in [-0.39, 0.29) is 0 Å². The maximum Gasteiger partial charge on any atom is 0.113 e. The number of rotatable bonds is 1. The Morgan fingerprint density at radius 1 is 1.50 bits per heavy atom. The van der Waals surface area contributed by atoms with Crippen molar-refractivity contribution in [3.05, 3.63) is 29.6 Å². The molecule has 0 atom stereocenters. The minimum absolute atomic E-state index is 0.804. The van der Waals surface area contributed by atoms with E-state index < -0.39 is 0 Å². The van der Waals surface area contributed by atoms with Crippen LogP contribution in [0, 0.1) is 18.8 Å². The van der Waals surface area contributed by atoms with Gasteiger partial charge in [-0.1, -0.05) is 12.0 Å². The second kappa shape index (κ2) is 4.84. The van der Waals surface area contributed by atoms with E-state index in [1.54, 1.807) is 0 Å². The summed E-state index contributed by atoms with van der Waals surface area (Å²) in [5, 5.41) is 0. The number of pyridine rings is 1. The van der Waals surface area contributed by atoms with Crippen LogP contribution in [0.25, 0.3) is 0 Å². The largest absolute Gasteiger partial charge is 0.245 e. The van der Waals surface area contributed by atoms with E-state index in [0.717, 1.165) is 23.6 Å². The molecule has 0 saturated heterocycles. The Labute approximate surface area is 78.6 Å². The fourth-order valence-corrected chi connectivity index (χ4v) is 0.933. The Kier molecular flexibility index (Phi) is 3.69. The Morgan fingerprint density at radius 3 is 3.00 bits per heavy atom. The summed E-state index contributed by atoms with van der Waals surface area (Å²) in [6, 6.07) is 5.84. The molecule has 0 aliphatic heterocycles. The normalized spacial score (nSPS) is 8.83. The topological polar surface area (TPSA) is 12.9 Å². The highest BCUT2D eigenvalue weighted by molar-refractivity contribution is 7.80. The molecule has 62 valence electrons. The number of hydrogen-bond acceptors (Lipinski definition) is 2. The molecule has 0 aliphatic rings.